The first-order valence-corrected chi connectivity index (χ1v) is 7.03. The summed E-state index contributed by atoms with van der Waals surface area (Å²) in [6, 6.07) is 0. The van der Waals surface area contributed by atoms with Crippen LogP contribution in [0.5, 0.6) is 0 Å². The van der Waals surface area contributed by atoms with E-state index in [1.165, 1.54) is 19.3 Å². The van der Waals surface area contributed by atoms with E-state index in [2.05, 4.69) is 35.1 Å². The standard InChI is InChI=1S/C12H24BrNO/c1-3-5-6-7-9-12(15)14-10-11(13)8-4-2/h11H,3-10H2,1-2H3,(H,14,15). The Balaban J connectivity index is 3.32. The summed E-state index contributed by atoms with van der Waals surface area (Å²) in [5.41, 5.74) is 0. The van der Waals surface area contributed by atoms with Crippen molar-refractivity contribution in [1.29, 1.82) is 0 Å². The average molecular weight is 278 g/mol. The molecule has 0 fully saturated rings. The normalized spacial score (nSPS) is 12.5. The smallest absolute Gasteiger partial charge is 0.220 e. The summed E-state index contributed by atoms with van der Waals surface area (Å²) in [5, 5.41) is 2.96. The molecule has 3 heteroatoms. The van der Waals surface area contributed by atoms with E-state index in [9.17, 15) is 4.79 Å². The first kappa shape index (κ1) is 14.9. The molecule has 1 amide bonds. The molecule has 0 spiro atoms. The van der Waals surface area contributed by atoms with E-state index in [1.54, 1.807) is 0 Å². The lowest BCUT2D eigenvalue weighted by Gasteiger charge is -2.09. The van der Waals surface area contributed by atoms with Crippen LogP contribution in [0.25, 0.3) is 0 Å². The molecule has 2 nitrogen and oxygen atoms in total. The van der Waals surface area contributed by atoms with E-state index in [-0.39, 0.29) is 5.91 Å². The first-order chi connectivity index (χ1) is 7.20. The zero-order valence-electron chi connectivity index (χ0n) is 10.0. The van der Waals surface area contributed by atoms with Crippen molar-refractivity contribution in [3.63, 3.8) is 0 Å². The second kappa shape index (κ2) is 10.5. The van der Waals surface area contributed by atoms with E-state index >= 15 is 0 Å². The molecule has 0 heterocycles. The molecule has 1 atom stereocenters. The zero-order chi connectivity index (χ0) is 11.5. The fourth-order valence-corrected chi connectivity index (χ4v) is 2.06. The van der Waals surface area contributed by atoms with Crippen LogP contribution in [0.1, 0.15) is 58.8 Å². The van der Waals surface area contributed by atoms with Gasteiger partial charge in [0.1, 0.15) is 0 Å². The van der Waals surface area contributed by atoms with Crippen molar-refractivity contribution in [2.45, 2.75) is 63.6 Å². The predicted molar refractivity (Wildman–Crippen MR) is 69.4 cm³/mol. The van der Waals surface area contributed by atoms with Crippen molar-refractivity contribution in [1.82, 2.24) is 5.32 Å². The highest BCUT2D eigenvalue weighted by Crippen LogP contribution is 2.06. The van der Waals surface area contributed by atoms with Gasteiger partial charge in [0, 0.05) is 17.8 Å². The largest absolute Gasteiger partial charge is 0.355 e. The van der Waals surface area contributed by atoms with E-state index in [1.807, 2.05) is 0 Å². The summed E-state index contributed by atoms with van der Waals surface area (Å²) in [6.07, 6.45) is 7.63. The molecular weight excluding hydrogens is 254 g/mol. The maximum absolute atomic E-state index is 11.4. The Morgan fingerprint density at radius 1 is 1.20 bits per heavy atom. The third-order valence-electron chi connectivity index (χ3n) is 2.38. The van der Waals surface area contributed by atoms with Crippen LogP contribution in [-0.2, 0) is 4.79 Å². The van der Waals surface area contributed by atoms with Crippen LogP contribution in [0.4, 0.5) is 0 Å². The summed E-state index contributed by atoms with van der Waals surface area (Å²) >= 11 is 3.54. The number of unbranched alkanes of at least 4 members (excludes halogenated alkanes) is 3. The number of alkyl halides is 1. The molecule has 1 unspecified atom stereocenters. The number of carbonyl (C=O) groups is 1. The monoisotopic (exact) mass is 277 g/mol. The first-order valence-electron chi connectivity index (χ1n) is 6.11. The molecule has 0 aliphatic heterocycles. The van der Waals surface area contributed by atoms with Crippen molar-refractivity contribution < 1.29 is 4.79 Å². The van der Waals surface area contributed by atoms with Crippen molar-refractivity contribution >= 4 is 21.8 Å². The van der Waals surface area contributed by atoms with Gasteiger partial charge in [0.25, 0.3) is 0 Å². The second-order valence-corrected chi connectivity index (χ2v) is 5.30. The van der Waals surface area contributed by atoms with Crippen molar-refractivity contribution in [2.75, 3.05) is 6.54 Å². The molecule has 0 aromatic heterocycles. The maximum atomic E-state index is 11.4. The third kappa shape index (κ3) is 10.2. The lowest BCUT2D eigenvalue weighted by Crippen LogP contribution is -2.29. The molecule has 0 saturated carbocycles. The van der Waals surface area contributed by atoms with Gasteiger partial charge in [-0.1, -0.05) is 55.5 Å². The van der Waals surface area contributed by atoms with Crippen molar-refractivity contribution in [3.8, 4) is 0 Å². The third-order valence-corrected chi connectivity index (χ3v) is 3.16. The highest BCUT2D eigenvalue weighted by Gasteiger charge is 2.05. The highest BCUT2D eigenvalue weighted by molar-refractivity contribution is 9.09. The number of carbonyl (C=O) groups excluding carboxylic acids is 1. The molecule has 0 rings (SSSR count). The number of amides is 1. The second-order valence-electron chi connectivity index (χ2n) is 4.00. The summed E-state index contributed by atoms with van der Waals surface area (Å²) in [7, 11) is 0. The van der Waals surface area contributed by atoms with Gasteiger partial charge in [-0.25, -0.2) is 0 Å². The molecule has 0 aliphatic carbocycles. The molecule has 0 aromatic carbocycles. The topological polar surface area (TPSA) is 29.1 Å². The molecule has 90 valence electrons. The summed E-state index contributed by atoms with van der Waals surface area (Å²) in [5.74, 6) is 0.201. The van der Waals surface area contributed by atoms with Gasteiger partial charge in [-0.05, 0) is 12.8 Å². The Morgan fingerprint density at radius 3 is 2.53 bits per heavy atom. The average Bonchev–Trinajstić information content (AvgIpc) is 2.22. The molecule has 0 aliphatic rings. The predicted octanol–water partition coefficient (Wildman–Crippen LogP) is 3.64. The molecule has 0 radical (unpaired) electrons. The van der Waals surface area contributed by atoms with Crippen LogP contribution in [-0.4, -0.2) is 17.3 Å². The molecule has 1 N–H and O–H groups in total. The van der Waals surface area contributed by atoms with Crippen LogP contribution in [0.15, 0.2) is 0 Å². The Morgan fingerprint density at radius 2 is 1.93 bits per heavy atom. The van der Waals surface area contributed by atoms with E-state index in [0.717, 1.165) is 25.8 Å². The number of hydrogen-bond acceptors (Lipinski definition) is 1. The van der Waals surface area contributed by atoms with Gasteiger partial charge in [0.2, 0.25) is 5.91 Å². The summed E-state index contributed by atoms with van der Waals surface area (Å²) < 4.78 is 0. The summed E-state index contributed by atoms with van der Waals surface area (Å²) in [6.45, 7) is 5.10. The van der Waals surface area contributed by atoms with Crippen molar-refractivity contribution in [3.05, 3.63) is 0 Å². The summed E-state index contributed by atoms with van der Waals surface area (Å²) in [4.78, 5) is 11.8. The highest BCUT2D eigenvalue weighted by atomic mass is 79.9. The van der Waals surface area contributed by atoms with Gasteiger partial charge in [0.15, 0.2) is 0 Å². The minimum absolute atomic E-state index is 0.201. The fourth-order valence-electron chi connectivity index (χ4n) is 1.44. The molecule has 15 heavy (non-hydrogen) atoms. The van der Waals surface area contributed by atoms with Crippen LogP contribution in [0.2, 0.25) is 0 Å². The number of hydrogen-bond donors (Lipinski definition) is 1. The van der Waals surface area contributed by atoms with Gasteiger partial charge < -0.3 is 5.32 Å². The SMILES string of the molecule is CCCCCCC(=O)NCC(Br)CCC. The van der Waals surface area contributed by atoms with Gasteiger partial charge in [0.05, 0.1) is 0 Å². The fraction of sp³-hybridized carbons (Fsp3) is 0.917. The van der Waals surface area contributed by atoms with E-state index in [4.69, 9.17) is 0 Å². The Labute approximate surface area is 102 Å². The molecular formula is C12H24BrNO. The lowest BCUT2D eigenvalue weighted by molar-refractivity contribution is -0.121. The maximum Gasteiger partial charge on any atom is 0.220 e. The Kier molecular flexibility index (Phi) is 10.4. The number of nitrogens with one attached hydrogen (secondary N) is 1. The van der Waals surface area contributed by atoms with Crippen LogP contribution < -0.4 is 5.32 Å². The van der Waals surface area contributed by atoms with Gasteiger partial charge in [-0.15, -0.1) is 0 Å². The minimum Gasteiger partial charge on any atom is -0.355 e. The quantitative estimate of drug-likeness (QED) is 0.506. The zero-order valence-corrected chi connectivity index (χ0v) is 11.6. The molecule has 0 aromatic rings. The number of halogens is 1. The minimum atomic E-state index is 0.201. The van der Waals surface area contributed by atoms with Gasteiger partial charge in [-0.3, -0.25) is 4.79 Å². The lowest BCUT2D eigenvalue weighted by atomic mass is 10.1. The van der Waals surface area contributed by atoms with E-state index in [0.29, 0.717) is 11.2 Å². The van der Waals surface area contributed by atoms with Crippen LogP contribution in [0, 0.1) is 0 Å². The van der Waals surface area contributed by atoms with Gasteiger partial charge in [-0.2, -0.15) is 0 Å². The number of rotatable bonds is 9. The Bertz CT molecular complexity index is 162. The molecule has 0 saturated heterocycles. The van der Waals surface area contributed by atoms with E-state index < -0.39 is 0 Å². The Hall–Kier alpha value is -0.0500. The molecule has 0 bridgehead atoms. The van der Waals surface area contributed by atoms with Gasteiger partial charge >= 0.3 is 0 Å². The van der Waals surface area contributed by atoms with Crippen molar-refractivity contribution in [2.24, 2.45) is 0 Å². The van der Waals surface area contributed by atoms with Crippen LogP contribution >= 0.6 is 15.9 Å². The van der Waals surface area contributed by atoms with Crippen LogP contribution in [0.3, 0.4) is 0 Å².